The maximum absolute atomic E-state index is 12.6. The monoisotopic (exact) mass is 337 g/mol. The highest BCUT2D eigenvalue weighted by Crippen LogP contribution is 2.20. The number of para-hydroxylation sites is 1. The first-order valence-electron chi connectivity index (χ1n) is 8.03. The lowest BCUT2D eigenvalue weighted by molar-refractivity contribution is -0.118. The van der Waals surface area contributed by atoms with Gasteiger partial charge < -0.3 is 14.2 Å². The SMILES string of the molecule is CCN(C(=O)Cc1nc(-c2ccc(OC)cc2)no1)c1ccccc1. The summed E-state index contributed by atoms with van der Waals surface area (Å²) in [4.78, 5) is 18.6. The van der Waals surface area contributed by atoms with E-state index in [4.69, 9.17) is 9.26 Å². The smallest absolute Gasteiger partial charge is 0.236 e. The summed E-state index contributed by atoms with van der Waals surface area (Å²) in [6.07, 6.45) is 0.0614. The largest absolute Gasteiger partial charge is 0.497 e. The van der Waals surface area contributed by atoms with E-state index >= 15 is 0 Å². The van der Waals surface area contributed by atoms with Crippen LogP contribution in [-0.2, 0) is 11.2 Å². The molecule has 0 aliphatic carbocycles. The summed E-state index contributed by atoms with van der Waals surface area (Å²) in [7, 11) is 1.61. The molecule has 6 nitrogen and oxygen atoms in total. The van der Waals surface area contributed by atoms with Gasteiger partial charge >= 0.3 is 0 Å². The summed E-state index contributed by atoms with van der Waals surface area (Å²) in [6.45, 7) is 2.50. The maximum atomic E-state index is 12.6. The quantitative estimate of drug-likeness (QED) is 0.690. The molecule has 0 atom stereocenters. The van der Waals surface area contributed by atoms with Crippen LogP contribution < -0.4 is 9.64 Å². The Hall–Kier alpha value is -3.15. The summed E-state index contributed by atoms with van der Waals surface area (Å²) in [5, 5.41) is 3.96. The van der Waals surface area contributed by atoms with E-state index in [1.54, 1.807) is 12.0 Å². The summed E-state index contributed by atoms with van der Waals surface area (Å²) >= 11 is 0. The van der Waals surface area contributed by atoms with E-state index in [-0.39, 0.29) is 12.3 Å². The number of likely N-dealkylation sites (N-methyl/N-ethyl adjacent to an activating group) is 1. The number of hydrogen-bond acceptors (Lipinski definition) is 5. The Balaban J connectivity index is 1.72. The van der Waals surface area contributed by atoms with Gasteiger partial charge in [-0.2, -0.15) is 4.98 Å². The van der Waals surface area contributed by atoms with Crippen molar-refractivity contribution in [3.05, 3.63) is 60.5 Å². The lowest BCUT2D eigenvalue weighted by Crippen LogP contribution is -2.32. The molecule has 6 heteroatoms. The Morgan fingerprint density at radius 2 is 1.84 bits per heavy atom. The van der Waals surface area contributed by atoms with Crippen molar-refractivity contribution in [2.24, 2.45) is 0 Å². The second-order valence-electron chi connectivity index (χ2n) is 5.39. The van der Waals surface area contributed by atoms with Gasteiger partial charge in [-0.3, -0.25) is 4.79 Å². The molecule has 0 radical (unpaired) electrons. The van der Waals surface area contributed by atoms with Crippen LogP contribution in [0.25, 0.3) is 11.4 Å². The van der Waals surface area contributed by atoms with Crippen LogP contribution in [0.4, 0.5) is 5.69 Å². The minimum atomic E-state index is -0.0846. The maximum Gasteiger partial charge on any atom is 0.236 e. The van der Waals surface area contributed by atoms with Gasteiger partial charge in [0, 0.05) is 17.8 Å². The molecular formula is C19H19N3O3. The second kappa shape index (κ2) is 7.61. The summed E-state index contributed by atoms with van der Waals surface area (Å²) in [6, 6.07) is 16.9. The van der Waals surface area contributed by atoms with Crippen molar-refractivity contribution >= 4 is 11.6 Å². The average Bonchev–Trinajstić information content (AvgIpc) is 3.12. The third kappa shape index (κ3) is 3.85. The zero-order valence-corrected chi connectivity index (χ0v) is 14.2. The molecule has 0 N–H and O–H groups in total. The summed E-state index contributed by atoms with van der Waals surface area (Å²) in [5.41, 5.74) is 1.66. The van der Waals surface area contributed by atoms with Gasteiger partial charge in [-0.25, -0.2) is 0 Å². The van der Waals surface area contributed by atoms with Gasteiger partial charge in [-0.05, 0) is 43.3 Å². The van der Waals surface area contributed by atoms with Crippen molar-refractivity contribution in [2.45, 2.75) is 13.3 Å². The van der Waals surface area contributed by atoms with Crippen LogP contribution >= 0.6 is 0 Å². The first kappa shape index (κ1) is 16.7. The second-order valence-corrected chi connectivity index (χ2v) is 5.39. The number of methoxy groups -OCH3 is 1. The molecule has 0 bridgehead atoms. The molecule has 0 fully saturated rings. The van der Waals surface area contributed by atoms with Crippen LogP contribution in [0.5, 0.6) is 5.75 Å². The van der Waals surface area contributed by atoms with Crippen molar-refractivity contribution in [1.82, 2.24) is 10.1 Å². The fourth-order valence-corrected chi connectivity index (χ4v) is 2.52. The lowest BCUT2D eigenvalue weighted by atomic mass is 10.2. The van der Waals surface area contributed by atoms with Crippen molar-refractivity contribution in [3.8, 4) is 17.1 Å². The Morgan fingerprint density at radius 1 is 1.12 bits per heavy atom. The Kier molecular flexibility index (Phi) is 5.09. The fraction of sp³-hybridized carbons (Fsp3) is 0.211. The highest BCUT2D eigenvalue weighted by molar-refractivity contribution is 5.94. The number of hydrogen-bond donors (Lipinski definition) is 0. The molecule has 0 unspecified atom stereocenters. The molecule has 3 rings (SSSR count). The molecule has 3 aromatic rings. The number of aromatic nitrogens is 2. The van der Waals surface area contributed by atoms with Crippen molar-refractivity contribution in [1.29, 1.82) is 0 Å². The first-order valence-corrected chi connectivity index (χ1v) is 8.03. The minimum Gasteiger partial charge on any atom is -0.497 e. The number of benzene rings is 2. The zero-order valence-electron chi connectivity index (χ0n) is 14.2. The predicted octanol–water partition coefficient (Wildman–Crippen LogP) is 3.34. The summed E-state index contributed by atoms with van der Waals surface area (Å²) < 4.78 is 10.4. The number of amides is 1. The Bertz CT molecular complexity index is 829. The molecule has 25 heavy (non-hydrogen) atoms. The molecule has 128 valence electrons. The predicted molar refractivity (Wildman–Crippen MR) is 94.5 cm³/mol. The van der Waals surface area contributed by atoms with E-state index in [1.165, 1.54) is 0 Å². The zero-order chi connectivity index (χ0) is 17.6. The van der Waals surface area contributed by atoms with Crippen molar-refractivity contribution in [2.75, 3.05) is 18.6 Å². The topological polar surface area (TPSA) is 68.5 Å². The van der Waals surface area contributed by atoms with Gasteiger partial charge in [0.1, 0.15) is 12.2 Å². The van der Waals surface area contributed by atoms with Crippen LogP contribution in [0.2, 0.25) is 0 Å². The molecule has 0 saturated heterocycles. The minimum absolute atomic E-state index is 0.0614. The van der Waals surface area contributed by atoms with E-state index in [1.807, 2.05) is 61.5 Å². The molecule has 0 aliphatic heterocycles. The van der Waals surface area contributed by atoms with Crippen molar-refractivity contribution < 1.29 is 14.1 Å². The Labute approximate surface area is 146 Å². The molecular weight excluding hydrogens is 318 g/mol. The standard InChI is InChI=1S/C19H19N3O3/c1-3-22(15-7-5-4-6-8-15)18(23)13-17-20-19(21-25-17)14-9-11-16(24-2)12-10-14/h4-12H,3,13H2,1-2H3. The molecule has 0 saturated carbocycles. The first-order chi connectivity index (χ1) is 12.2. The lowest BCUT2D eigenvalue weighted by Gasteiger charge is -2.20. The molecule has 1 heterocycles. The number of carbonyl (C=O) groups is 1. The van der Waals surface area contributed by atoms with Crippen LogP contribution in [0.1, 0.15) is 12.8 Å². The van der Waals surface area contributed by atoms with Gasteiger partial charge in [0.15, 0.2) is 0 Å². The number of anilines is 1. The van der Waals surface area contributed by atoms with Crippen LogP contribution in [0, 0.1) is 0 Å². The van der Waals surface area contributed by atoms with Gasteiger partial charge in [0.2, 0.25) is 17.6 Å². The van der Waals surface area contributed by atoms with Gasteiger partial charge in [0.25, 0.3) is 0 Å². The third-order valence-corrected chi connectivity index (χ3v) is 3.80. The Morgan fingerprint density at radius 3 is 2.48 bits per heavy atom. The fourth-order valence-electron chi connectivity index (χ4n) is 2.52. The highest BCUT2D eigenvalue weighted by atomic mass is 16.5. The summed E-state index contributed by atoms with van der Waals surface area (Å²) in [5.74, 6) is 1.42. The van der Waals surface area contributed by atoms with E-state index in [2.05, 4.69) is 10.1 Å². The number of carbonyl (C=O) groups excluding carboxylic acids is 1. The van der Waals surface area contributed by atoms with Crippen molar-refractivity contribution in [3.63, 3.8) is 0 Å². The van der Waals surface area contributed by atoms with Gasteiger partial charge in [0.05, 0.1) is 7.11 Å². The number of ether oxygens (including phenoxy) is 1. The molecule has 0 aliphatic rings. The normalized spacial score (nSPS) is 10.5. The van der Waals surface area contributed by atoms with Gasteiger partial charge in [-0.1, -0.05) is 23.4 Å². The van der Waals surface area contributed by atoms with E-state index in [0.717, 1.165) is 17.0 Å². The molecule has 1 aromatic heterocycles. The van der Waals surface area contributed by atoms with E-state index in [0.29, 0.717) is 18.3 Å². The van der Waals surface area contributed by atoms with Crippen LogP contribution in [0.3, 0.4) is 0 Å². The molecule has 0 spiro atoms. The number of nitrogens with zero attached hydrogens (tertiary/aromatic N) is 3. The van der Waals surface area contributed by atoms with Gasteiger partial charge in [-0.15, -0.1) is 0 Å². The molecule has 2 aromatic carbocycles. The van der Waals surface area contributed by atoms with Crippen LogP contribution in [0.15, 0.2) is 59.1 Å². The van der Waals surface area contributed by atoms with E-state index in [9.17, 15) is 4.79 Å². The van der Waals surface area contributed by atoms with E-state index < -0.39 is 0 Å². The van der Waals surface area contributed by atoms with Crippen LogP contribution in [-0.4, -0.2) is 29.7 Å². The average molecular weight is 337 g/mol. The highest BCUT2D eigenvalue weighted by Gasteiger charge is 2.18. The number of rotatable bonds is 6. The third-order valence-electron chi connectivity index (χ3n) is 3.80. The molecule has 1 amide bonds.